The number of aryl methyl sites for hydroxylation is 1. The van der Waals surface area contributed by atoms with Crippen molar-refractivity contribution in [2.75, 3.05) is 0 Å². The van der Waals surface area contributed by atoms with E-state index in [1.54, 1.807) is 0 Å². The van der Waals surface area contributed by atoms with Crippen LogP contribution in [0.15, 0.2) is 35.7 Å². The fourth-order valence-electron chi connectivity index (χ4n) is 2.50. The Balaban J connectivity index is 1.69. The van der Waals surface area contributed by atoms with E-state index in [1.807, 2.05) is 42.6 Å². The summed E-state index contributed by atoms with van der Waals surface area (Å²) < 4.78 is 6.23. The highest BCUT2D eigenvalue weighted by Gasteiger charge is 2.62. The van der Waals surface area contributed by atoms with E-state index >= 15 is 0 Å². The van der Waals surface area contributed by atoms with E-state index in [2.05, 4.69) is 16.0 Å². The van der Waals surface area contributed by atoms with E-state index in [0.717, 1.165) is 21.1 Å². The van der Waals surface area contributed by atoms with E-state index in [9.17, 15) is 5.26 Å². The maximum atomic E-state index is 9.66. The van der Waals surface area contributed by atoms with Crippen LogP contribution in [-0.2, 0) is 10.3 Å². The summed E-state index contributed by atoms with van der Waals surface area (Å²) in [4.78, 5) is 9.71. The fourth-order valence-corrected chi connectivity index (χ4v) is 4.63. The zero-order valence-electron chi connectivity index (χ0n) is 12.0. The minimum absolute atomic E-state index is 0.344. The molecular formula is C16H10ClN3OS2. The number of halogens is 1. The molecule has 1 unspecified atom stereocenters. The van der Waals surface area contributed by atoms with Gasteiger partial charge >= 0.3 is 0 Å². The Bertz CT molecular complexity index is 915. The van der Waals surface area contributed by atoms with Crippen LogP contribution >= 0.6 is 34.3 Å². The average molecular weight is 360 g/mol. The highest BCUT2D eigenvalue weighted by atomic mass is 35.5. The van der Waals surface area contributed by atoms with Gasteiger partial charge in [0.1, 0.15) is 22.9 Å². The fraction of sp³-hybridized carbons (Fsp3) is 0.188. The summed E-state index contributed by atoms with van der Waals surface area (Å²) in [6, 6.07) is 12.2. The zero-order valence-corrected chi connectivity index (χ0v) is 14.4. The van der Waals surface area contributed by atoms with Gasteiger partial charge in [0.05, 0.1) is 10.6 Å². The Hall–Kier alpha value is -1.78. The third-order valence-electron chi connectivity index (χ3n) is 3.73. The van der Waals surface area contributed by atoms with Gasteiger partial charge in [-0.05, 0) is 6.92 Å². The molecule has 3 aromatic rings. The van der Waals surface area contributed by atoms with E-state index in [-0.39, 0.29) is 6.10 Å². The summed E-state index contributed by atoms with van der Waals surface area (Å²) in [5, 5.41) is 12.4. The number of nitrogens with zero attached hydrogens (tertiary/aromatic N) is 3. The van der Waals surface area contributed by atoms with Crippen molar-refractivity contribution < 1.29 is 4.74 Å². The minimum atomic E-state index is -1.02. The largest absolute Gasteiger partial charge is 0.338 e. The van der Waals surface area contributed by atoms with Crippen LogP contribution in [0, 0.1) is 18.3 Å². The lowest BCUT2D eigenvalue weighted by Gasteiger charge is -1.99. The first-order chi connectivity index (χ1) is 11.1. The molecule has 2 aromatic heterocycles. The quantitative estimate of drug-likeness (QED) is 0.635. The van der Waals surface area contributed by atoms with Gasteiger partial charge in [0, 0.05) is 10.9 Å². The van der Waals surface area contributed by atoms with Crippen molar-refractivity contribution in [1.82, 2.24) is 9.97 Å². The first-order valence-corrected chi connectivity index (χ1v) is 8.95. The predicted molar refractivity (Wildman–Crippen MR) is 90.5 cm³/mol. The topological polar surface area (TPSA) is 62.1 Å². The zero-order chi connectivity index (χ0) is 16.0. The Morgan fingerprint density at radius 2 is 2.09 bits per heavy atom. The second-order valence-corrected chi connectivity index (χ2v) is 7.64. The molecule has 0 spiro atoms. The van der Waals surface area contributed by atoms with Gasteiger partial charge in [-0.2, -0.15) is 5.26 Å². The van der Waals surface area contributed by atoms with Gasteiger partial charge in [-0.1, -0.05) is 41.9 Å². The molecule has 1 aliphatic heterocycles. The molecule has 1 fully saturated rings. The van der Waals surface area contributed by atoms with Gasteiger partial charge in [-0.15, -0.1) is 22.7 Å². The monoisotopic (exact) mass is 359 g/mol. The van der Waals surface area contributed by atoms with Crippen molar-refractivity contribution >= 4 is 34.3 Å². The van der Waals surface area contributed by atoms with Crippen molar-refractivity contribution in [2.24, 2.45) is 0 Å². The van der Waals surface area contributed by atoms with Crippen molar-refractivity contribution in [2.45, 2.75) is 18.6 Å². The van der Waals surface area contributed by atoms with Gasteiger partial charge in [-0.25, -0.2) is 9.97 Å². The van der Waals surface area contributed by atoms with E-state index in [0.29, 0.717) is 10.2 Å². The number of thiazole rings is 2. The van der Waals surface area contributed by atoms with Crippen molar-refractivity contribution in [3.63, 3.8) is 0 Å². The van der Waals surface area contributed by atoms with E-state index < -0.39 is 5.60 Å². The first kappa shape index (κ1) is 14.8. The third kappa shape index (κ3) is 2.37. The number of epoxide rings is 1. The molecule has 23 heavy (non-hydrogen) atoms. The molecule has 0 saturated carbocycles. The molecule has 0 bridgehead atoms. The standard InChI is InChI=1S/C16H10ClN3OS2/c1-9-12(23-15(17)19-9)13-16(8-18,21-13)11-7-22-14(20-11)10-5-3-2-4-6-10/h2-7,13H,1H3/t13?,16-/m1/s1. The van der Waals surface area contributed by atoms with Crippen LogP contribution in [0.5, 0.6) is 0 Å². The highest BCUT2D eigenvalue weighted by molar-refractivity contribution is 7.16. The molecule has 0 N–H and O–H groups in total. The second-order valence-electron chi connectivity index (χ2n) is 5.17. The Morgan fingerprint density at radius 1 is 1.30 bits per heavy atom. The van der Waals surface area contributed by atoms with Gasteiger partial charge in [0.15, 0.2) is 4.47 Å². The number of aromatic nitrogens is 2. The molecular weight excluding hydrogens is 350 g/mol. The van der Waals surface area contributed by atoms with Crippen LogP contribution in [0.4, 0.5) is 0 Å². The molecule has 0 aliphatic carbocycles. The molecule has 2 atom stereocenters. The lowest BCUT2D eigenvalue weighted by Crippen LogP contribution is -2.07. The molecule has 1 saturated heterocycles. The van der Waals surface area contributed by atoms with Gasteiger partial charge < -0.3 is 4.74 Å². The van der Waals surface area contributed by atoms with Crippen molar-refractivity contribution in [3.05, 3.63) is 56.4 Å². The minimum Gasteiger partial charge on any atom is -0.338 e. The van der Waals surface area contributed by atoms with Crippen LogP contribution in [0.2, 0.25) is 4.47 Å². The van der Waals surface area contributed by atoms with Gasteiger partial charge in [-0.3, -0.25) is 0 Å². The number of benzene rings is 1. The van der Waals surface area contributed by atoms with Gasteiger partial charge in [0.2, 0.25) is 5.60 Å². The lowest BCUT2D eigenvalue weighted by molar-refractivity contribution is 0.337. The maximum Gasteiger partial charge on any atom is 0.229 e. The Morgan fingerprint density at radius 3 is 2.74 bits per heavy atom. The number of ether oxygens (including phenoxy) is 1. The molecule has 0 amide bonds. The molecule has 114 valence electrons. The van der Waals surface area contributed by atoms with Crippen LogP contribution in [0.1, 0.15) is 22.4 Å². The maximum absolute atomic E-state index is 9.66. The number of hydrogen-bond donors (Lipinski definition) is 0. The predicted octanol–water partition coefficient (Wildman–Crippen LogP) is 4.72. The SMILES string of the molecule is Cc1nc(Cl)sc1C1O[C@]1(C#N)c1csc(-c2ccccc2)n1. The summed E-state index contributed by atoms with van der Waals surface area (Å²) in [5.41, 5.74) is 1.47. The third-order valence-corrected chi connectivity index (χ3v) is 5.93. The smallest absolute Gasteiger partial charge is 0.229 e. The van der Waals surface area contributed by atoms with Crippen molar-refractivity contribution in [3.8, 4) is 16.6 Å². The normalized spacial score (nSPS) is 22.7. The van der Waals surface area contributed by atoms with E-state index in [4.69, 9.17) is 16.3 Å². The van der Waals surface area contributed by atoms with Gasteiger partial charge in [0.25, 0.3) is 0 Å². The van der Waals surface area contributed by atoms with Crippen LogP contribution in [0.3, 0.4) is 0 Å². The molecule has 7 heteroatoms. The van der Waals surface area contributed by atoms with Crippen LogP contribution < -0.4 is 0 Å². The molecule has 4 nitrogen and oxygen atoms in total. The van der Waals surface area contributed by atoms with Crippen LogP contribution in [-0.4, -0.2) is 9.97 Å². The number of hydrogen-bond acceptors (Lipinski definition) is 6. The molecule has 1 aromatic carbocycles. The Kier molecular flexibility index (Phi) is 3.47. The summed E-state index contributed by atoms with van der Waals surface area (Å²) in [7, 11) is 0. The summed E-state index contributed by atoms with van der Waals surface area (Å²) in [5.74, 6) is 0. The Labute approximate surface area is 146 Å². The van der Waals surface area contributed by atoms with Crippen molar-refractivity contribution in [1.29, 1.82) is 5.26 Å². The number of rotatable bonds is 3. The highest BCUT2D eigenvalue weighted by Crippen LogP contribution is 2.58. The van der Waals surface area contributed by atoms with E-state index in [1.165, 1.54) is 22.7 Å². The van der Waals surface area contributed by atoms with Crippen LogP contribution in [0.25, 0.3) is 10.6 Å². The summed E-state index contributed by atoms with van der Waals surface area (Å²) >= 11 is 8.82. The first-order valence-electron chi connectivity index (χ1n) is 6.87. The average Bonchev–Trinajstić information content (AvgIpc) is 2.91. The summed E-state index contributed by atoms with van der Waals surface area (Å²) in [6.45, 7) is 1.87. The molecule has 0 radical (unpaired) electrons. The second kappa shape index (κ2) is 5.39. The molecule has 1 aliphatic rings. The number of nitriles is 1. The lowest BCUT2D eigenvalue weighted by atomic mass is 10.0. The molecule has 4 rings (SSSR count). The molecule has 3 heterocycles. The summed E-state index contributed by atoms with van der Waals surface area (Å²) in [6.07, 6.45) is -0.344.